The van der Waals surface area contributed by atoms with Gasteiger partial charge in [-0.2, -0.15) is 23.7 Å². The van der Waals surface area contributed by atoms with Gasteiger partial charge in [-0.25, -0.2) is 0 Å². The maximum atomic E-state index is 13.5. The number of halogens is 3. The predicted molar refractivity (Wildman–Crippen MR) is 190 cm³/mol. The number of hydrogen-bond donors (Lipinski definition) is 0. The molecule has 6 heterocycles. The summed E-state index contributed by atoms with van der Waals surface area (Å²) in [6, 6.07) is 12.6. The van der Waals surface area contributed by atoms with Gasteiger partial charge in [-0.05, 0) is 69.1 Å². The zero-order chi connectivity index (χ0) is 35.3. The van der Waals surface area contributed by atoms with Crippen LogP contribution >= 0.6 is 11.6 Å². The SMILES string of the molecule is CN(c1nc(OCC23CCCN2CCC3)nc2c1CCN(c1cccc3cccc(Cl)c13)C2)[C@@H]1CCN(C(=O)/C=C/c2nc(C(C)(F)F)no2)C1. The maximum Gasteiger partial charge on any atom is 0.318 e. The van der Waals surface area contributed by atoms with Gasteiger partial charge in [0.15, 0.2) is 0 Å². The number of nitrogens with zero attached hydrogens (tertiary/aromatic N) is 8. The van der Waals surface area contributed by atoms with Gasteiger partial charge in [0.2, 0.25) is 11.7 Å². The first-order chi connectivity index (χ1) is 24.6. The number of likely N-dealkylation sites (tertiary alicyclic amines) is 1. The number of hydrogen-bond acceptors (Lipinski definition) is 10. The zero-order valence-electron chi connectivity index (χ0n) is 28.8. The number of carbonyl (C=O) groups is 1. The number of anilines is 2. The Morgan fingerprint density at radius 3 is 2.67 bits per heavy atom. The molecular formula is C37H41ClF2N8O3. The third-order valence-electron chi connectivity index (χ3n) is 11.0. The molecule has 4 aliphatic rings. The molecular weight excluding hydrogens is 678 g/mol. The van der Waals surface area contributed by atoms with Gasteiger partial charge >= 0.3 is 11.9 Å². The lowest BCUT2D eigenvalue weighted by atomic mass is 9.95. The molecule has 0 radical (unpaired) electrons. The topological polar surface area (TPSA) is 104 Å². The van der Waals surface area contributed by atoms with Crippen molar-refractivity contribution >= 4 is 45.9 Å². The second-order valence-corrected chi connectivity index (χ2v) is 14.7. The van der Waals surface area contributed by atoms with Crippen molar-refractivity contribution in [1.82, 2.24) is 29.9 Å². The Balaban J connectivity index is 1.04. The number of fused-ring (bicyclic) bond motifs is 3. The fourth-order valence-corrected chi connectivity index (χ4v) is 8.59. The summed E-state index contributed by atoms with van der Waals surface area (Å²) in [5.74, 6) is -3.53. The standard InChI is InChI=1S/C37H41ClF2N8O3/c1-36(39,40)34-42-30(51-44-34)11-12-31(49)47-19-13-25(21-47)45(2)33-26-14-20-46(29-10-4-8-24-7-3-9-27(38)32(24)29)22-28(26)41-35(43-33)50-23-37-15-5-17-48(37)18-6-16-37/h3-4,7-12,25H,5-6,13-23H2,1-2H3/b12-11+/t25-/m1/s1. The zero-order valence-corrected chi connectivity index (χ0v) is 29.6. The molecule has 0 bridgehead atoms. The molecule has 2 aromatic carbocycles. The molecule has 51 heavy (non-hydrogen) atoms. The van der Waals surface area contributed by atoms with E-state index >= 15 is 0 Å². The van der Waals surface area contributed by atoms with Gasteiger partial charge in [0.1, 0.15) is 12.4 Å². The highest BCUT2D eigenvalue weighted by Crippen LogP contribution is 2.40. The quantitative estimate of drug-likeness (QED) is 0.189. The van der Waals surface area contributed by atoms with Gasteiger partial charge in [0, 0.05) is 68.4 Å². The van der Waals surface area contributed by atoms with Gasteiger partial charge in [-0.15, -0.1) is 0 Å². The summed E-state index contributed by atoms with van der Waals surface area (Å²) in [7, 11) is 2.02. The highest BCUT2D eigenvalue weighted by Gasteiger charge is 2.45. The van der Waals surface area contributed by atoms with Crippen LogP contribution in [0.4, 0.5) is 20.3 Å². The first-order valence-electron chi connectivity index (χ1n) is 17.7. The minimum Gasteiger partial charge on any atom is -0.461 e. The average Bonchev–Trinajstić information content (AvgIpc) is 3.93. The first kappa shape index (κ1) is 33.8. The minimum atomic E-state index is -3.23. The summed E-state index contributed by atoms with van der Waals surface area (Å²) < 4.78 is 38.4. The third-order valence-corrected chi connectivity index (χ3v) is 11.4. The molecule has 2 aromatic heterocycles. The van der Waals surface area contributed by atoms with Crippen molar-refractivity contribution < 1.29 is 22.8 Å². The number of alkyl halides is 2. The van der Waals surface area contributed by atoms with Crippen molar-refractivity contribution in [3.05, 3.63) is 70.5 Å². The van der Waals surface area contributed by atoms with Crippen molar-refractivity contribution in [3.8, 4) is 6.01 Å². The number of aromatic nitrogens is 4. The average molecular weight is 719 g/mol. The van der Waals surface area contributed by atoms with Crippen LogP contribution in [0.5, 0.6) is 6.01 Å². The minimum absolute atomic E-state index is 0.00311. The molecule has 0 N–H and O–H groups in total. The lowest BCUT2D eigenvalue weighted by Crippen LogP contribution is -2.44. The number of ether oxygens (including phenoxy) is 1. The van der Waals surface area contributed by atoms with Crippen LogP contribution in [-0.2, 0) is 23.7 Å². The molecule has 3 saturated heterocycles. The number of benzene rings is 2. The van der Waals surface area contributed by atoms with Crippen LogP contribution in [0.25, 0.3) is 16.8 Å². The lowest BCUT2D eigenvalue weighted by molar-refractivity contribution is -0.124. The predicted octanol–water partition coefficient (Wildman–Crippen LogP) is 6.10. The molecule has 3 fully saturated rings. The van der Waals surface area contributed by atoms with E-state index in [1.807, 2.05) is 19.2 Å². The molecule has 0 unspecified atom stereocenters. The summed E-state index contributed by atoms with van der Waals surface area (Å²) in [5.41, 5.74) is 3.13. The molecule has 14 heteroatoms. The Morgan fingerprint density at radius 2 is 1.90 bits per heavy atom. The lowest BCUT2D eigenvalue weighted by Gasteiger charge is -2.35. The summed E-state index contributed by atoms with van der Waals surface area (Å²) in [4.78, 5) is 35.7. The number of amides is 1. The number of rotatable bonds is 9. The molecule has 0 saturated carbocycles. The third kappa shape index (κ3) is 6.50. The highest BCUT2D eigenvalue weighted by molar-refractivity contribution is 6.36. The van der Waals surface area contributed by atoms with E-state index in [1.54, 1.807) is 4.90 Å². The van der Waals surface area contributed by atoms with E-state index in [-0.39, 0.29) is 23.4 Å². The van der Waals surface area contributed by atoms with E-state index < -0.39 is 11.7 Å². The molecule has 1 atom stereocenters. The van der Waals surface area contributed by atoms with Crippen LogP contribution in [0.3, 0.4) is 0 Å². The normalized spacial score (nSPS) is 20.4. The van der Waals surface area contributed by atoms with Crippen LogP contribution in [-0.4, -0.2) is 93.8 Å². The van der Waals surface area contributed by atoms with Crippen LogP contribution in [0.2, 0.25) is 5.02 Å². The molecule has 0 spiro atoms. The van der Waals surface area contributed by atoms with Gasteiger partial charge in [0.05, 0.1) is 22.8 Å². The van der Waals surface area contributed by atoms with Gasteiger partial charge in [-0.3, -0.25) is 9.69 Å². The fraction of sp³-hybridized carbons (Fsp3) is 0.486. The van der Waals surface area contributed by atoms with Crippen LogP contribution < -0.4 is 14.5 Å². The monoisotopic (exact) mass is 718 g/mol. The highest BCUT2D eigenvalue weighted by atomic mass is 35.5. The van der Waals surface area contributed by atoms with E-state index in [0.29, 0.717) is 39.2 Å². The van der Waals surface area contributed by atoms with Crippen molar-refractivity contribution in [3.63, 3.8) is 0 Å². The van der Waals surface area contributed by atoms with Gasteiger partial charge < -0.3 is 24.0 Å². The van der Waals surface area contributed by atoms with Gasteiger partial charge in [0.25, 0.3) is 5.89 Å². The molecule has 11 nitrogen and oxygen atoms in total. The van der Waals surface area contributed by atoms with Crippen LogP contribution in [0.1, 0.15) is 62.0 Å². The number of carbonyl (C=O) groups excluding carboxylic acids is 1. The fourth-order valence-electron chi connectivity index (χ4n) is 8.31. The summed E-state index contributed by atoms with van der Waals surface area (Å²) >= 11 is 6.74. The molecule has 268 valence electrons. The smallest absolute Gasteiger partial charge is 0.318 e. The van der Waals surface area contributed by atoms with Crippen LogP contribution in [0.15, 0.2) is 47.0 Å². The van der Waals surface area contributed by atoms with Crippen molar-refractivity contribution in [2.75, 3.05) is 56.2 Å². The van der Waals surface area contributed by atoms with Crippen molar-refractivity contribution in [1.29, 1.82) is 0 Å². The van der Waals surface area contributed by atoms with Crippen molar-refractivity contribution in [2.45, 2.75) is 69.5 Å². The van der Waals surface area contributed by atoms with E-state index in [1.165, 1.54) is 25.0 Å². The summed E-state index contributed by atoms with van der Waals surface area (Å²) in [6.07, 6.45) is 8.64. The summed E-state index contributed by atoms with van der Waals surface area (Å²) in [6.45, 7) is 5.83. The molecule has 4 aliphatic heterocycles. The Hall–Kier alpha value is -4.36. The first-order valence-corrected chi connectivity index (χ1v) is 18.1. The maximum absolute atomic E-state index is 13.5. The largest absolute Gasteiger partial charge is 0.461 e. The van der Waals surface area contributed by atoms with E-state index in [4.69, 9.17) is 30.8 Å². The second-order valence-electron chi connectivity index (χ2n) is 14.3. The van der Waals surface area contributed by atoms with Crippen LogP contribution in [0, 0.1) is 0 Å². The molecule has 4 aromatic rings. The molecule has 0 aliphatic carbocycles. The van der Waals surface area contributed by atoms with E-state index in [2.05, 4.69) is 49.1 Å². The molecule has 1 amide bonds. The van der Waals surface area contributed by atoms with Gasteiger partial charge in [-0.1, -0.05) is 41.0 Å². The Labute approximate surface area is 300 Å². The Morgan fingerprint density at radius 1 is 1.12 bits per heavy atom. The molecule has 8 rings (SSSR count). The Bertz CT molecular complexity index is 1970. The number of likely N-dealkylation sites (N-methyl/N-ethyl adjacent to an activating group) is 1. The van der Waals surface area contributed by atoms with Crippen molar-refractivity contribution in [2.24, 2.45) is 0 Å². The van der Waals surface area contributed by atoms with E-state index in [0.717, 1.165) is 83.9 Å². The summed E-state index contributed by atoms with van der Waals surface area (Å²) in [5, 5.41) is 6.15. The van der Waals surface area contributed by atoms with E-state index in [9.17, 15) is 13.6 Å². The second kappa shape index (κ2) is 13.3. The Kier molecular flexibility index (Phi) is 8.82.